The molecule has 1 amide bonds. The molecule has 0 aromatic heterocycles. The highest BCUT2D eigenvalue weighted by Crippen LogP contribution is 2.35. The number of rotatable bonds is 4. The number of carbonyl (C=O) groups excluding carboxylic acids is 3. The monoisotopic (exact) mass is 285 g/mol. The molecule has 0 aliphatic carbocycles. The van der Waals surface area contributed by atoms with Crippen LogP contribution < -0.4 is 0 Å². The van der Waals surface area contributed by atoms with Crippen molar-refractivity contribution in [2.24, 2.45) is 0 Å². The molecule has 6 heteroatoms. The zero-order valence-electron chi connectivity index (χ0n) is 12.6. The van der Waals surface area contributed by atoms with Crippen LogP contribution in [0.3, 0.4) is 0 Å². The molecule has 0 spiro atoms. The van der Waals surface area contributed by atoms with Gasteiger partial charge in [-0.15, -0.1) is 0 Å². The van der Waals surface area contributed by atoms with Gasteiger partial charge in [-0.2, -0.15) is 0 Å². The van der Waals surface area contributed by atoms with Crippen LogP contribution in [0, 0.1) is 0 Å². The number of likely N-dealkylation sites (tertiary alicyclic amines) is 1. The molecule has 1 atom stereocenters. The molecule has 0 aromatic rings. The lowest BCUT2D eigenvalue weighted by molar-refractivity contribution is -0.153. The number of hydrogen-bond acceptors (Lipinski definition) is 5. The Hall–Kier alpha value is -1.59. The lowest BCUT2D eigenvalue weighted by Gasteiger charge is -2.36. The Balaban J connectivity index is 2.99. The van der Waals surface area contributed by atoms with Crippen molar-refractivity contribution >= 4 is 18.3 Å². The number of carbonyl (C=O) groups is 3. The minimum Gasteiger partial charge on any atom is -0.467 e. The summed E-state index contributed by atoms with van der Waals surface area (Å²) < 4.78 is 10.2. The predicted octanol–water partition coefficient (Wildman–Crippen LogP) is 1.91. The Morgan fingerprint density at radius 3 is 2.50 bits per heavy atom. The third-order valence-electron chi connectivity index (χ3n) is 3.34. The molecule has 0 aromatic carbocycles. The van der Waals surface area contributed by atoms with Gasteiger partial charge in [0.25, 0.3) is 0 Å². The van der Waals surface area contributed by atoms with Gasteiger partial charge in [0.2, 0.25) is 0 Å². The Labute approximate surface area is 119 Å². The largest absolute Gasteiger partial charge is 0.467 e. The predicted molar refractivity (Wildman–Crippen MR) is 72.2 cm³/mol. The van der Waals surface area contributed by atoms with Gasteiger partial charge in [-0.05, 0) is 40.0 Å². The summed E-state index contributed by atoms with van der Waals surface area (Å²) in [6.45, 7) is 5.74. The normalized spacial score (nSPS) is 22.5. The molecule has 114 valence electrons. The van der Waals surface area contributed by atoms with Gasteiger partial charge in [-0.25, -0.2) is 9.59 Å². The van der Waals surface area contributed by atoms with E-state index in [2.05, 4.69) is 0 Å². The number of esters is 1. The third kappa shape index (κ3) is 3.49. The number of ether oxygens (including phenoxy) is 2. The van der Waals surface area contributed by atoms with Crippen LogP contribution in [0.1, 0.15) is 46.5 Å². The second kappa shape index (κ2) is 6.24. The summed E-state index contributed by atoms with van der Waals surface area (Å²) in [5, 5.41) is 0. The van der Waals surface area contributed by atoms with Gasteiger partial charge in [0.05, 0.1) is 7.11 Å². The number of amides is 1. The maximum Gasteiger partial charge on any atom is 0.411 e. The zero-order valence-corrected chi connectivity index (χ0v) is 12.6. The molecule has 1 aliphatic rings. The Kier molecular flexibility index (Phi) is 5.14. The highest BCUT2D eigenvalue weighted by molar-refractivity contribution is 5.86. The molecule has 1 aliphatic heterocycles. The third-order valence-corrected chi connectivity index (χ3v) is 3.34. The fourth-order valence-corrected chi connectivity index (χ4v) is 2.52. The van der Waals surface area contributed by atoms with E-state index < -0.39 is 23.2 Å². The van der Waals surface area contributed by atoms with E-state index >= 15 is 0 Å². The molecule has 1 fully saturated rings. The minimum atomic E-state index is -1.07. The van der Waals surface area contributed by atoms with Crippen LogP contribution in [0.5, 0.6) is 0 Å². The van der Waals surface area contributed by atoms with E-state index in [9.17, 15) is 14.4 Å². The molecular weight excluding hydrogens is 262 g/mol. The van der Waals surface area contributed by atoms with Crippen LogP contribution in [0.2, 0.25) is 0 Å². The highest BCUT2D eigenvalue weighted by atomic mass is 16.6. The van der Waals surface area contributed by atoms with Gasteiger partial charge in [-0.1, -0.05) is 0 Å². The fraction of sp³-hybridized carbons (Fsp3) is 0.786. The lowest BCUT2D eigenvalue weighted by atomic mass is 9.90. The fourth-order valence-electron chi connectivity index (χ4n) is 2.52. The first kappa shape index (κ1) is 16.5. The van der Waals surface area contributed by atoms with Gasteiger partial charge < -0.3 is 14.3 Å². The topological polar surface area (TPSA) is 72.9 Å². The Morgan fingerprint density at radius 1 is 1.35 bits per heavy atom. The minimum absolute atomic E-state index is 0.203. The SMILES string of the molecule is COC(=O)[C@]1(CCC=O)CCCN1C(=O)OC(C)(C)C. The molecule has 6 nitrogen and oxygen atoms in total. The smallest absolute Gasteiger partial charge is 0.411 e. The molecule has 0 radical (unpaired) electrons. The number of aldehydes is 1. The summed E-state index contributed by atoms with van der Waals surface area (Å²) >= 11 is 0. The second-order valence-corrected chi connectivity index (χ2v) is 5.96. The molecule has 1 saturated heterocycles. The standard InChI is InChI=1S/C14H23NO5/c1-13(2,3)20-12(18)15-9-5-7-14(15,8-6-10-16)11(17)19-4/h10H,5-9H2,1-4H3/t14-/m1/s1. The average Bonchev–Trinajstić information content (AvgIpc) is 2.78. The van der Waals surface area contributed by atoms with E-state index in [1.165, 1.54) is 12.0 Å². The molecule has 0 bridgehead atoms. The highest BCUT2D eigenvalue weighted by Gasteiger charge is 2.51. The molecule has 0 unspecified atom stereocenters. The van der Waals surface area contributed by atoms with Crippen molar-refractivity contribution < 1.29 is 23.9 Å². The quantitative estimate of drug-likeness (QED) is 0.582. The van der Waals surface area contributed by atoms with Crippen LogP contribution in [0.15, 0.2) is 0 Å². The summed E-state index contributed by atoms with van der Waals surface area (Å²) in [5.41, 5.74) is -1.70. The van der Waals surface area contributed by atoms with E-state index in [0.29, 0.717) is 19.4 Å². The van der Waals surface area contributed by atoms with Crippen molar-refractivity contribution in [1.29, 1.82) is 0 Å². The van der Waals surface area contributed by atoms with E-state index in [-0.39, 0.29) is 12.8 Å². The maximum atomic E-state index is 12.3. The van der Waals surface area contributed by atoms with Crippen molar-refractivity contribution in [3.63, 3.8) is 0 Å². The average molecular weight is 285 g/mol. The molecule has 20 heavy (non-hydrogen) atoms. The second-order valence-electron chi connectivity index (χ2n) is 5.96. The van der Waals surface area contributed by atoms with Gasteiger partial charge >= 0.3 is 12.1 Å². The first-order chi connectivity index (χ1) is 9.27. The zero-order chi connectivity index (χ0) is 15.4. The van der Waals surface area contributed by atoms with Crippen LogP contribution in [-0.4, -0.2) is 48.0 Å². The lowest BCUT2D eigenvalue weighted by Crippen LogP contribution is -2.54. The Morgan fingerprint density at radius 2 is 2.00 bits per heavy atom. The van der Waals surface area contributed by atoms with E-state index in [1.807, 2.05) is 0 Å². The van der Waals surface area contributed by atoms with E-state index in [1.54, 1.807) is 20.8 Å². The number of nitrogens with zero attached hydrogens (tertiary/aromatic N) is 1. The molecular formula is C14H23NO5. The first-order valence-corrected chi connectivity index (χ1v) is 6.79. The van der Waals surface area contributed by atoms with E-state index in [0.717, 1.165) is 6.29 Å². The molecule has 0 N–H and O–H groups in total. The number of hydrogen-bond donors (Lipinski definition) is 0. The summed E-state index contributed by atoms with van der Waals surface area (Å²) in [5.74, 6) is -0.484. The Bertz CT molecular complexity index is 388. The van der Waals surface area contributed by atoms with Crippen LogP contribution in [0.25, 0.3) is 0 Å². The maximum absolute atomic E-state index is 12.3. The van der Waals surface area contributed by atoms with Gasteiger partial charge in [-0.3, -0.25) is 4.90 Å². The van der Waals surface area contributed by atoms with Crippen molar-refractivity contribution in [1.82, 2.24) is 4.90 Å². The van der Waals surface area contributed by atoms with Crippen LogP contribution >= 0.6 is 0 Å². The van der Waals surface area contributed by atoms with E-state index in [4.69, 9.17) is 9.47 Å². The van der Waals surface area contributed by atoms with Crippen molar-refractivity contribution in [3.8, 4) is 0 Å². The van der Waals surface area contributed by atoms with Crippen molar-refractivity contribution in [2.75, 3.05) is 13.7 Å². The molecule has 1 rings (SSSR count). The van der Waals surface area contributed by atoms with Crippen LogP contribution in [-0.2, 0) is 19.1 Å². The van der Waals surface area contributed by atoms with Gasteiger partial charge in [0.15, 0.2) is 0 Å². The summed E-state index contributed by atoms with van der Waals surface area (Å²) in [6.07, 6.45) is 1.86. The van der Waals surface area contributed by atoms with Gasteiger partial charge in [0.1, 0.15) is 17.4 Å². The van der Waals surface area contributed by atoms with Gasteiger partial charge in [0, 0.05) is 13.0 Å². The summed E-state index contributed by atoms with van der Waals surface area (Å²) in [4.78, 5) is 36.4. The van der Waals surface area contributed by atoms with Crippen molar-refractivity contribution in [2.45, 2.75) is 57.6 Å². The first-order valence-electron chi connectivity index (χ1n) is 6.79. The number of methoxy groups -OCH3 is 1. The van der Waals surface area contributed by atoms with Crippen LogP contribution in [0.4, 0.5) is 4.79 Å². The summed E-state index contributed by atoms with van der Waals surface area (Å²) in [7, 11) is 1.29. The molecule has 1 heterocycles. The van der Waals surface area contributed by atoms with Crippen molar-refractivity contribution in [3.05, 3.63) is 0 Å². The molecule has 0 saturated carbocycles. The summed E-state index contributed by atoms with van der Waals surface area (Å²) in [6, 6.07) is 0.